The molecule has 1 saturated carbocycles. The first-order chi connectivity index (χ1) is 12.9. The first kappa shape index (κ1) is 21.7. The summed E-state index contributed by atoms with van der Waals surface area (Å²) >= 11 is 0. The molecule has 1 aliphatic carbocycles. The van der Waals surface area contributed by atoms with Crippen LogP contribution in [0.3, 0.4) is 0 Å². The van der Waals surface area contributed by atoms with Crippen molar-refractivity contribution in [2.45, 2.75) is 57.4 Å². The van der Waals surface area contributed by atoms with E-state index in [-0.39, 0.29) is 24.9 Å². The first-order valence-corrected chi connectivity index (χ1v) is 11.6. The number of amides is 1. The van der Waals surface area contributed by atoms with E-state index in [9.17, 15) is 13.2 Å². The minimum Gasteiger partial charge on any atom is -0.497 e. The fourth-order valence-electron chi connectivity index (χ4n) is 3.60. The molecule has 1 fully saturated rings. The summed E-state index contributed by atoms with van der Waals surface area (Å²) in [5.41, 5.74) is 1.12. The van der Waals surface area contributed by atoms with Gasteiger partial charge in [0.05, 0.1) is 13.4 Å². The molecule has 0 spiro atoms. The maximum atomic E-state index is 12.2. The molecule has 0 unspecified atom stereocenters. The van der Waals surface area contributed by atoms with Crippen LogP contribution in [0, 0.1) is 0 Å². The highest BCUT2D eigenvalue weighted by atomic mass is 32.2. The number of nitrogens with one attached hydrogen (secondary N) is 1. The molecule has 2 rings (SSSR count). The zero-order chi connectivity index (χ0) is 19.7. The van der Waals surface area contributed by atoms with Crippen molar-refractivity contribution >= 4 is 15.9 Å². The van der Waals surface area contributed by atoms with Crippen molar-refractivity contribution < 1.29 is 17.9 Å². The van der Waals surface area contributed by atoms with E-state index < -0.39 is 10.0 Å². The number of benzene rings is 1. The number of hydrogen-bond donors (Lipinski definition) is 1. The van der Waals surface area contributed by atoms with Gasteiger partial charge in [0, 0.05) is 25.6 Å². The Hall–Kier alpha value is -1.60. The van der Waals surface area contributed by atoms with E-state index >= 15 is 0 Å². The van der Waals surface area contributed by atoms with E-state index in [0.717, 1.165) is 43.4 Å². The van der Waals surface area contributed by atoms with Gasteiger partial charge in [-0.25, -0.2) is 8.42 Å². The predicted molar refractivity (Wildman–Crippen MR) is 107 cm³/mol. The fraction of sp³-hybridized carbons (Fsp3) is 0.650. The lowest BCUT2D eigenvalue weighted by Crippen LogP contribution is -2.41. The van der Waals surface area contributed by atoms with Crippen LogP contribution in [0.25, 0.3) is 0 Å². The van der Waals surface area contributed by atoms with Crippen molar-refractivity contribution in [2.24, 2.45) is 0 Å². The first-order valence-electron chi connectivity index (χ1n) is 9.76. The van der Waals surface area contributed by atoms with E-state index in [1.807, 2.05) is 24.3 Å². The monoisotopic (exact) mass is 396 g/mol. The highest BCUT2D eigenvalue weighted by Crippen LogP contribution is 2.23. The summed E-state index contributed by atoms with van der Waals surface area (Å²) < 4.78 is 31.1. The minimum absolute atomic E-state index is 0.0367. The Morgan fingerprint density at radius 3 is 2.33 bits per heavy atom. The van der Waals surface area contributed by atoms with Crippen LogP contribution < -0.4 is 10.1 Å². The molecule has 1 N–H and O–H groups in total. The second-order valence-corrected chi connectivity index (χ2v) is 9.15. The van der Waals surface area contributed by atoms with Gasteiger partial charge in [-0.3, -0.25) is 4.79 Å². The lowest BCUT2D eigenvalue weighted by Gasteiger charge is -2.28. The molecule has 0 aromatic heterocycles. The molecular formula is C20H32N2O4S. The van der Waals surface area contributed by atoms with E-state index in [2.05, 4.69) is 5.32 Å². The Balaban J connectivity index is 1.78. The van der Waals surface area contributed by atoms with Crippen LogP contribution in [0.2, 0.25) is 0 Å². The van der Waals surface area contributed by atoms with Crippen molar-refractivity contribution in [2.75, 3.05) is 26.5 Å². The third-order valence-electron chi connectivity index (χ3n) is 5.11. The smallest absolute Gasteiger partial charge is 0.221 e. The van der Waals surface area contributed by atoms with Gasteiger partial charge in [-0.2, -0.15) is 4.31 Å². The van der Waals surface area contributed by atoms with Crippen LogP contribution in [-0.4, -0.2) is 51.1 Å². The summed E-state index contributed by atoms with van der Waals surface area (Å²) in [5.74, 6) is 0.702. The molecule has 0 aliphatic heterocycles. The van der Waals surface area contributed by atoms with Crippen molar-refractivity contribution in [1.29, 1.82) is 0 Å². The normalized spacial score (nSPS) is 16.1. The van der Waals surface area contributed by atoms with Gasteiger partial charge in [0.1, 0.15) is 5.75 Å². The standard InChI is InChI=1S/C20H32N2O4S/c1-26-19-11-9-17(10-12-19)13-15-21-20(23)14-16-22(27(2,24)25)18-7-5-3-4-6-8-18/h9-12,18H,3-8,13-16H2,1-2H3,(H,21,23). The number of hydrogen-bond acceptors (Lipinski definition) is 4. The zero-order valence-corrected chi connectivity index (χ0v) is 17.3. The molecular weight excluding hydrogens is 364 g/mol. The Morgan fingerprint density at radius 1 is 1.15 bits per heavy atom. The average Bonchev–Trinajstić information content (AvgIpc) is 2.90. The minimum atomic E-state index is -3.31. The van der Waals surface area contributed by atoms with Crippen molar-refractivity contribution in [1.82, 2.24) is 9.62 Å². The van der Waals surface area contributed by atoms with Crippen LogP contribution in [0.1, 0.15) is 50.5 Å². The molecule has 1 aliphatic rings. The summed E-state index contributed by atoms with van der Waals surface area (Å²) in [5, 5.41) is 2.89. The Labute approximate surface area is 163 Å². The maximum absolute atomic E-state index is 12.2. The van der Waals surface area contributed by atoms with Gasteiger partial charge in [-0.05, 0) is 37.0 Å². The summed E-state index contributed by atoms with van der Waals surface area (Å²) in [6, 6.07) is 7.78. The van der Waals surface area contributed by atoms with E-state index in [1.54, 1.807) is 11.4 Å². The molecule has 27 heavy (non-hydrogen) atoms. The summed E-state index contributed by atoms with van der Waals surface area (Å²) in [7, 11) is -1.68. The van der Waals surface area contributed by atoms with E-state index in [4.69, 9.17) is 4.74 Å². The molecule has 1 aromatic carbocycles. The second-order valence-electron chi connectivity index (χ2n) is 7.22. The Morgan fingerprint density at radius 2 is 1.78 bits per heavy atom. The maximum Gasteiger partial charge on any atom is 0.221 e. The van der Waals surface area contributed by atoms with Gasteiger partial charge >= 0.3 is 0 Å². The number of sulfonamides is 1. The van der Waals surface area contributed by atoms with Crippen LogP contribution in [0.15, 0.2) is 24.3 Å². The molecule has 0 atom stereocenters. The van der Waals surface area contributed by atoms with Gasteiger partial charge in [-0.1, -0.05) is 37.8 Å². The number of methoxy groups -OCH3 is 1. The van der Waals surface area contributed by atoms with E-state index in [1.165, 1.54) is 19.1 Å². The summed E-state index contributed by atoms with van der Waals surface area (Å²) in [6.45, 7) is 0.797. The molecule has 1 amide bonds. The molecule has 0 saturated heterocycles. The van der Waals surface area contributed by atoms with Gasteiger partial charge in [0.25, 0.3) is 0 Å². The molecule has 0 bridgehead atoms. The predicted octanol–water partition coefficient (Wildman–Crippen LogP) is 2.73. The van der Waals surface area contributed by atoms with Crippen LogP contribution >= 0.6 is 0 Å². The number of carbonyl (C=O) groups excluding carboxylic acids is 1. The molecule has 0 radical (unpaired) electrons. The molecule has 0 heterocycles. The van der Waals surface area contributed by atoms with Gasteiger partial charge in [0.15, 0.2) is 0 Å². The molecule has 1 aromatic rings. The lowest BCUT2D eigenvalue weighted by atomic mass is 10.1. The highest BCUT2D eigenvalue weighted by molar-refractivity contribution is 7.88. The number of ether oxygens (including phenoxy) is 1. The van der Waals surface area contributed by atoms with Crippen LogP contribution in [-0.2, 0) is 21.2 Å². The second kappa shape index (κ2) is 10.7. The molecule has 7 heteroatoms. The van der Waals surface area contributed by atoms with Crippen molar-refractivity contribution in [3.63, 3.8) is 0 Å². The SMILES string of the molecule is COc1ccc(CCNC(=O)CCN(C2CCCCCC2)S(C)(=O)=O)cc1. The topological polar surface area (TPSA) is 75.7 Å². The fourth-order valence-corrected chi connectivity index (χ4v) is 4.78. The van der Waals surface area contributed by atoms with Gasteiger partial charge < -0.3 is 10.1 Å². The van der Waals surface area contributed by atoms with Crippen LogP contribution in [0.5, 0.6) is 5.75 Å². The zero-order valence-electron chi connectivity index (χ0n) is 16.4. The highest BCUT2D eigenvalue weighted by Gasteiger charge is 2.27. The summed E-state index contributed by atoms with van der Waals surface area (Å²) in [4.78, 5) is 12.2. The Kier molecular flexibility index (Phi) is 8.57. The number of rotatable bonds is 9. The van der Waals surface area contributed by atoms with Gasteiger partial charge in [-0.15, -0.1) is 0 Å². The number of carbonyl (C=O) groups is 1. The van der Waals surface area contributed by atoms with Gasteiger partial charge in [0.2, 0.25) is 15.9 Å². The third kappa shape index (κ3) is 7.50. The quantitative estimate of drug-likeness (QED) is 0.651. The van der Waals surface area contributed by atoms with Crippen molar-refractivity contribution in [3.8, 4) is 5.75 Å². The van der Waals surface area contributed by atoms with Crippen molar-refractivity contribution in [3.05, 3.63) is 29.8 Å². The molecule has 6 nitrogen and oxygen atoms in total. The summed E-state index contributed by atoms with van der Waals surface area (Å²) in [6.07, 6.45) is 8.42. The van der Waals surface area contributed by atoms with Crippen LogP contribution in [0.4, 0.5) is 0 Å². The number of nitrogens with zero attached hydrogens (tertiary/aromatic N) is 1. The third-order valence-corrected chi connectivity index (χ3v) is 6.44. The lowest BCUT2D eigenvalue weighted by molar-refractivity contribution is -0.121. The average molecular weight is 397 g/mol. The Bertz CT molecular complexity index is 680. The largest absolute Gasteiger partial charge is 0.497 e. The molecule has 152 valence electrons. The van der Waals surface area contributed by atoms with E-state index in [0.29, 0.717) is 6.54 Å².